The average Bonchev–Trinajstić information content (AvgIpc) is 2.95. The van der Waals surface area contributed by atoms with Gasteiger partial charge in [0.25, 0.3) is 10.0 Å². The Morgan fingerprint density at radius 3 is 2.33 bits per heavy atom. The summed E-state index contributed by atoms with van der Waals surface area (Å²) < 4.78 is 33.9. The Morgan fingerprint density at radius 2 is 1.69 bits per heavy atom. The lowest BCUT2D eigenvalue weighted by Crippen LogP contribution is -2.52. The van der Waals surface area contributed by atoms with Crippen LogP contribution in [-0.4, -0.2) is 51.4 Å². The highest BCUT2D eigenvalue weighted by Crippen LogP contribution is 2.27. The van der Waals surface area contributed by atoms with E-state index in [4.69, 9.17) is 16.3 Å². The molecule has 1 atom stereocenters. The quantitative estimate of drug-likeness (QED) is 0.315. The number of rotatable bonds is 13. The van der Waals surface area contributed by atoms with Crippen LogP contribution in [0, 0.1) is 0 Å². The SMILES string of the molecule is CCCNC(=O)C(CC)N(Cc1cccc(OC)c1)C(=O)CN(c1cccc(Cl)c1)S(=O)(=O)c1ccccc1. The molecular formula is C29H34ClN3O5S. The molecule has 0 saturated carbocycles. The van der Waals surface area contributed by atoms with Crippen molar-refractivity contribution in [2.45, 2.75) is 44.2 Å². The van der Waals surface area contributed by atoms with Crippen LogP contribution in [0.5, 0.6) is 5.75 Å². The number of carbonyl (C=O) groups excluding carboxylic acids is 2. The third-order valence-electron chi connectivity index (χ3n) is 6.13. The Hall–Kier alpha value is -3.56. The molecule has 0 aliphatic heterocycles. The minimum Gasteiger partial charge on any atom is -0.497 e. The van der Waals surface area contributed by atoms with Gasteiger partial charge in [0.2, 0.25) is 11.8 Å². The van der Waals surface area contributed by atoms with Gasteiger partial charge in [-0.2, -0.15) is 0 Å². The highest BCUT2D eigenvalue weighted by Gasteiger charge is 2.33. The van der Waals surface area contributed by atoms with E-state index in [2.05, 4.69) is 5.32 Å². The van der Waals surface area contributed by atoms with Gasteiger partial charge in [-0.1, -0.05) is 61.8 Å². The molecule has 39 heavy (non-hydrogen) atoms. The van der Waals surface area contributed by atoms with Crippen LogP contribution in [0.2, 0.25) is 5.02 Å². The number of nitrogens with one attached hydrogen (secondary N) is 1. The third-order valence-corrected chi connectivity index (χ3v) is 8.15. The number of amides is 2. The average molecular weight is 572 g/mol. The molecule has 0 heterocycles. The fraction of sp³-hybridized carbons (Fsp3) is 0.310. The Kier molecular flexibility index (Phi) is 10.8. The van der Waals surface area contributed by atoms with Crippen LogP contribution in [0.1, 0.15) is 32.3 Å². The van der Waals surface area contributed by atoms with E-state index in [0.717, 1.165) is 16.3 Å². The highest BCUT2D eigenvalue weighted by atomic mass is 35.5. The Morgan fingerprint density at radius 1 is 0.974 bits per heavy atom. The molecule has 0 aromatic heterocycles. The normalized spacial score (nSPS) is 11.9. The number of methoxy groups -OCH3 is 1. The molecule has 2 amide bonds. The zero-order chi connectivity index (χ0) is 28.4. The van der Waals surface area contributed by atoms with E-state index in [-0.39, 0.29) is 23.0 Å². The molecule has 0 radical (unpaired) electrons. The summed E-state index contributed by atoms with van der Waals surface area (Å²) in [6.45, 7) is 3.78. The second kappa shape index (κ2) is 14.0. The van der Waals surface area contributed by atoms with Crippen molar-refractivity contribution in [2.24, 2.45) is 0 Å². The van der Waals surface area contributed by atoms with Crippen LogP contribution < -0.4 is 14.4 Å². The number of carbonyl (C=O) groups is 2. The molecule has 0 spiro atoms. The minimum atomic E-state index is -4.14. The molecule has 0 fully saturated rings. The monoisotopic (exact) mass is 571 g/mol. The Labute approximate surface area is 235 Å². The minimum absolute atomic E-state index is 0.0323. The summed E-state index contributed by atoms with van der Waals surface area (Å²) in [7, 11) is -2.60. The highest BCUT2D eigenvalue weighted by molar-refractivity contribution is 7.92. The number of nitrogens with zero attached hydrogens (tertiary/aromatic N) is 2. The van der Waals surface area contributed by atoms with Crippen molar-refractivity contribution >= 4 is 39.1 Å². The molecule has 0 aliphatic rings. The van der Waals surface area contributed by atoms with Crippen molar-refractivity contribution in [3.05, 3.63) is 89.4 Å². The lowest BCUT2D eigenvalue weighted by atomic mass is 10.1. The number of ether oxygens (including phenoxy) is 1. The lowest BCUT2D eigenvalue weighted by Gasteiger charge is -2.33. The molecule has 3 aromatic rings. The van der Waals surface area contributed by atoms with Gasteiger partial charge in [-0.3, -0.25) is 13.9 Å². The van der Waals surface area contributed by atoms with Gasteiger partial charge in [0.05, 0.1) is 17.7 Å². The van der Waals surface area contributed by atoms with Crippen LogP contribution in [-0.2, 0) is 26.2 Å². The number of benzene rings is 3. The van der Waals surface area contributed by atoms with Crippen molar-refractivity contribution in [3.63, 3.8) is 0 Å². The van der Waals surface area contributed by atoms with E-state index < -0.39 is 28.5 Å². The maximum Gasteiger partial charge on any atom is 0.264 e. The van der Waals surface area contributed by atoms with E-state index in [9.17, 15) is 18.0 Å². The van der Waals surface area contributed by atoms with Crippen LogP contribution in [0.3, 0.4) is 0 Å². The fourth-order valence-electron chi connectivity index (χ4n) is 4.13. The van der Waals surface area contributed by atoms with Crippen molar-refractivity contribution in [1.29, 1.82) is 0 Å². The Balaban J connectivity index is 2.05. The zero-order valence-electron chi connectivity index (χ0n) is 22.3. The lowest BCUT2D eigenvalue weighted by molar-refractivity contribution is -0.140. The number of hydrogen-bond donors (Lipinski definition) is 1. The van der Waals surface area contributed by atoms with Gasteiger partial charge < -0.3 is 15.0 Å². The predicted octanol–water partition coefficient (Wildman–Crippen LogP) is 4.88. The molecule has 0 saturated heterocycles. The first-order chi connectivity index (χ1) is 18.7. The first kappa shape index (κ1) is 30.0. The summed E-state index contributed by atoms with van der Waals surface area (Å²) in [6.07, 6.45) is 1.08. The van der Waals surface area contributed by atoms with Gasteiger partial charge >= 0.3 is 0 Å². The first-order valence-corrected chi connectivity index (χ1v) is 14.6. The number of sulfonamides is 1. The topological polar surface area (TPSA) is 96.0 Å². The molecule has 3 aromatic carbocycles. The predicted molar refractivity (Wildman–Crippen MR) is 153 cm³/mol. The van der Waals surface area contributed by atoms with Crippen LogP contribution >= 0.6 is 11.6 Å². The summed E-state index contributed by atoms with van der Waals surface area (Å²) in [6, 6.07) is 20.6. The number of hydrogen-bond acceptors (Lipinski definition) is 5. The second-order valence-electron chi connectivity index (χ2n) is 8.89. The summed E-state index contributed by atoms with van der Waals surface area (Å²) in [4.78, 5) is 28.6. The van der Waals surface area contributed by atoms with E-state index in [1.165, 1.54) is 23.1 Å². The van der Waals surface area contributed by atoms with Gasteiger partial charge in [0, 0.05) is 18.1 Å². The first-order valence-electron chi connectivity index (χ1n) is 12.7. The summed E-state index contributed by atoms with van der Waals surface area (Å²) in [5, 5.41) is 3.19. The smallest absolute Gasteiger partial charge is 0.264 e. The third kappa shape index (κ3) is 7.74. The van der Waals surface area contributed by atoms with E-state index in [1.54, 1.807) is 61.7 Å². The largest absolute Gasteiger partial charge is 0.497 e. The van der Waals surface area contributed by atoms with E-state index in [1.807, 2.05) is 19.9 Å². The molecule has 208 valence electrons. The summed E-state index contributed by atoms with van der Waals surface area (Å²) in [5.74, 6) is -0.220. The van der Waals surface area contributed by atoms with Crippen LogP contribution in [0.15, 0.2) is 83.8 Å². The molecule has 1 N–H and O–H groups in total. The number of halogens is 1. The molecule has 10 heteroatoms. The van der Waals surface area contributed by atoms with E-state index >= 15 is 0 Å². The molecule has 0 bridgehead atoms. The van der Waals surface area contributed by atoms with Gasteiger partial charge in [-0.05, 0) is 60.9 Å². The second-order valence-corrected chi connectivity index (χ2v) is 11.2. The Bertz CT molecular complexity index is 1370. The van der Waals surface area contributed by atoms with Crippen molar-refractivity contribution < 1.29 is 22.7 Å². The standard InChI is InChI=1S/C29H34ClN3O5S/c1-4-17-31-29(35)27(5-2)32(20-22-11-9-14-25(18-22)38-3)28(34)21-33(24-13-10-12-23(30)19-24)39(36,37)26-15-7-6-8-16-26/h6-16,18-19,27H,4-5,17,20-21H2,1-3H3,(H,31,35). The van der Waals surface area contributed by atoms with Gasteiger partial charge in [-0.15, -0.1) is 0 Å². The van der Waals surface area contributed by atoms with E-state index in [0.29, 0.717) is 23.7 Å². The maximum atomic E-state index is 14.0. The maximum absolute atomic E-state index is 14.0. The van der Waals surface area contributed by atoms with Crippen molar-refractivity contribution in [1.82, 2.24) is 10.2 Å². The molecule has 3 rings (SSSR count). The number of anilines is 1. The molecule has 1 unspecified atom stereocenters. The molecular weight excluding hydrogens is 538 g/mol. The van der Waals surface area contributed by atoms with Crippen LogP contribution in [0.25, 0.3) is 0 Å². The van der Waals surface area contributed by atoms with Crippen LogP contribution in [0.4, 0.5) is 5.69 Å². The van der Waals surface area contributed by atoms with Gasteiger partial charge in [0.1, 0.15) is 18.3 Å². The zero-order valence-corrected chi connectivity index (χ0v) is 23.9. The summed E-state index contributed by atoms with van der Waals surface area (Å²) in [5.41, 5.74) is 0.981. The molecule has 8 nitrogen and oxygen atoms in total. The van der Waals surface area contributed by atoms with Gasteiger partial charge in [0.15, 0.2) is 0 Å². The van der Waals surface area contributed by atoms with Gasteiger partial charge in [-0.25, -0.2) is 8.42 Å². The van der Waals surface area contributed by atoms with Crippen molar-refractivity contribution in [3.8, 4) is 5.75 Å². The van der Waals surface area contributed by atoms with Crippen molar-refractivity contribution in [2.75, 3.05) is 24.5 Å². The fourth-order valence-corrected chi connectivity index (χ4v) is 5.74. The molecule has 0 aliphatic carbocycles. The summed E-state index contributed by atoms with van der Waals surface area (Å²) >= 11 is 6.20.